The van der Waals surface area contributed by atoms with Crippen molar-refractivity contribution >= 4 is 5.82 Å². The van der Waals surface area contributed by atoms with Gasteiger partial charge in [0, 0.05) is 25.3 Å². The fourth-order valence-electron chi connectivity index (χ4n) is 2.71. The minimum absolute atomic E-state index is 0.205. The average Bonchev–Trinajstić information content (AvgIpc) is 2.37. The third kappa shape index (κ3) is 3.45. The van der Waals surface area contributed by atoms with Gasteiger partial charge in [-0.3, -0.25) is 0 Å². The van der Waals surface area contributed by atoms with E-state index in [1.54, 1.807) is 0 Å². The van der Waals surface area contributed by atoms with Crippen molar-refractivity contribution in [2.45, 2.75) is 39.7 Å². The van der Waals surface area contributed by atoms with E-state index in [2.05, 4.69) is 31.1 Å². The summed E-state index contributed by atoms with van der Waals surface area (Å²) in [6, 6.07) is 5.95. The predicted molar refractivity (Wildman–Crippen MR) is 74.6 cm³/mol. The lowest BCUT2D eigenvalue weighted by Crippen LogP contribution is -2.42. The topological polar surface area (TPSA) is 34.1 Å². The van der Waals surface area contributed by atoms with Crippen molar-refractivity contribution in [3.05, 3.63) is 24.4 Å². The molecule has 0 aromatic carbocycles. The maximum Gasteiger partial charge on any atom is 0.125 e. The largest absolute Gasteiger partial charge is 0.377 e. The number of rotatable bonds is 3. The van der Waals surface area contributed by atoms with Crippen LogP contribution in [0, 0.1) is 11.3 Å². The summed E-state index contributed by atoms with van der Waals surface area (Å²) in [6.07, 6.45) is 4.56. The molecule has 2 atom stereocenters. The Kier molecular flexibility index (Phi) is 4.23. The van der Waals surface area contributed by atoms with E-state index in [-0.39, 0.29) is 5.41 Å². The Morgan fingerprint density at radius 3 is 2.89 bits per heavy atom. The number of hydrogen-bond donors (Lipinski definition) is 1. The van der Waals surface area contributed by atoms with Gasteiger partial charge < -0.3 is 10.1 Å². The minimum Gasteiger partial charge on any atom is -0.377 e. The molecule has 1 aliphatic heterocycles. The molecule has 1 saturated heterocycles. The first-order valence-electron chi connectivity index (χ1n) is 6.84. The molecule has 0 saturated carbocycles. The Bertz CT molecular complexity index is 359. The van der Waals surface area contributed by atoms with Crippen molar-refractivity contribution in [1.82, 2.24) is 4.98 Å². The molecule has 1 fully saturated rings. The van der Waals surface area contributed by atoms with E-state index in [9.17, 15) is 0 Å². The summed E-state index contributed by atoms with van der Waals surface area (Å²) >= 11 is 0. The van der Waals surface area contributed by atoms with Crippen LogP contribution in [0.5, 0.6) is 0 Å². The van der Waals surface area contributed by atoms with Gasteiger partial charge in [-0.1, -0.05) is 26.8 Å². The van der Waals surface area contributed by atoms with E-state index < -0.39 is 0 Å². The molecule has 2 heterocycles. The molecule has 3 heteroatoms. The van der Waals surface area contributed by atoms with E-state index in [0.717, 1.165) is 19.0 Å². The maximum atomic E-state index is 5.98. The molecule has 100 valence electrons. The van der Waals surface area contributed by atoms with Gasteiger partial charge in [0.1, 0.15) is 5.82 Å². The first-order chi connectivity index (χ1) is 8.57. The van der Waals surface area contributed by atoms with Crippen LogP contribution >= 0.6 is 0 Å². The molecule has 0 amide bonds. The highest BCUT2D eigenvalue weighted by molar-refractivity contribution is 5.33. The van der Waals surface area contributed by atoms with Gasteiger partial charge in [-0.25, -0.2) is 4.98 Å². The highest BCUT2D eigenvalue weighted by Gasteiger charge is 2.35. The number of aromatic nitrogens is 1. The van der Waals surface area contributed by atoms with Crippen LogP contribution in [-0.4, -0.2) is 24.2 Å². The van der Waals surface area contributed by atoms with Crippen LogP contribution in [0.25, 0.3) is 0 Å². The van der Waals surface area contributed by atoms with E-state index in [4.69, 9.17) is 4.74 Å². The molecule has 1 aliphatic rings. The van der Waals surface area contributed by atoms with Crippen molar-refractivity contribution in [2.75, 3.05) is 18.5 Å². The second-order valence-corrected chi connectivity index (χ2v) is 6.16. The van der Waals surface area contributed by atoms with Gasteiger partial charge in [-0.15, -0.1) is 0 Å². The zero-order chi connectivity index (χ0) is 13.0. The molecule has 2 rings (SSSR count). The molecular weight excluding hydrogens is 224 g/mol. The Balaban J connectivity index is 1.94. The van der Waals surface area contributed by atoms with Crippen LogP contribution in [0.4, 0.5) is 5.82 Å². The number of nitrogens with zero attached hydrogens (tertiary/aromatic N) is 1. The number of pyridine rings is 1. The number of hydrogen-bond acceptors (Lipinski definition) is 3. The first kappa shape index (κ1) is 13.3. The molecule has 3 nitrogen and oxygen atoms in total. The molecule has 18 heavy (non-hydrogen) atoms. The Morgan fingerprint density at radius 1 is 1.39 bits per heavy atom. The fraction of sp³-hybridized carbons (Fsp3) is 0.667. The summed E-state index contributed by atoms with van der Waals surface area (Å²) in [5.41, 5.74) is 0.205. The van der Waals surface area contributed by atoms with Gasteiger partial charge in [0.2, 0.25) is 0 Å². The molecule has 0 bridgehead atoms. The summed E-state index contributed by atoms with van der Waals surface area (Å²) < 4.78 is 5.98. The van der Waals surface area contributed by atoms with Crippen molar-refractivity contribution < 1.29 is 4.74 Å². The minimum atomic E-state index is 0.205. The second kappa shape index (κ2) is 5.70. The average molecular weight is 248 g/mol. The van der Waals surface area contributed by atoms with Crippen LogP contribution in [0.3, 0.4) is 0 Å². The Labute approximate surface area is 110 Å². The third-order valence-corrected chi connectivity index (χ3v) is 3.51. The number of nitrogens with one attached hydrogen (secondary N) is 1. The van der Waals surface area contributed by atoms with Crippen LogP contribution in [0.15, 0.2) is 24.4 Å². The lowest BCUT2D eigenvalue weighted by Gasteiger charge is -2.40. The highest BCUT2D eigenvalue weighted by Crippen LogP contribution is 2.34. The standard InChI is InChI=1S/C15H24N2O/c1-15(2,3)14-12(7-6-10-18-14)11-17-13-8-4-5-9-16-13/h4-5,8-9,12,14H,6-7,10-11H2,1-3H3,(H,16,17). The van der Waals surface area contributed by atoms with Gasteiger partial charge in [-0.2, -0.15) is 0 Å². The number of ether oxygens (including phenoxy) is 1. The normalized spacial score (nSPS) is 24.8. The van der Waals surface area contributed by atoms with Crippen molar-refractivity contribution in [1.29, 1.82) is 0 Å². The summed E-state index contributed by atoms with van der Waals surface area (Å²) in [5, 5.41) is 3.43. The third-order valence-electron chi connectivity index (χ3n) is 3.51. The molecule has 1 N–H and O–H groups in total. The van der Waals surface area contributed by atoms with Gasteiger partial charge in [0.25, 0.3) is 0 Å². The molecule has 0 radical (unpaired) electrons. The fourth-order valence-corrected chi connectivity index (χ4v) is 2.71. The van der Waals surface area contributed by atoms with Crippen LogP contribution in [-0.2, 0) is 4.74 Å². The van der Waals surface area contributed by atoms with Crippen molar-refractivity contribution in [3.63, 3.8) is 0 Å². The van der Waals surface area contributed by atoms with Crippen molar-refractivity contribution in [3.8, 4) is 0 Å². The summed E-state index contributed by atoms with van der Waals surface area (Å²) in [7, 11) is 0. The van der Waals surface area contributed by atoms with E-state index in [0.29, 0.717) is 12.0 Å². The SMILES string of the molecule is CC(C)(C)C1OCCCC1CNc1ccccn1. The van der Waals surface area contributed by atoms with Gasteiger partial charge in [0.05, 0.1) is 6.10 Å². The molecule has 0 aliphatic carbocycles. The molecule has 0 spiro atoms. The smallest absolute Gasteiger partial charge is 0.125 e. The summed E-state index contributed by atoms with van der Waals surface area (Å²) in [5.74, 6) is 1.52. The molecule has 1 aromatic rings. The zero-order valence-corrected chi connectivity index (χ0v) is 11.6. The van der Waals surface area contributed by atoms with Crippen LogP contribution in [0.2, 0.25) is 0 Å². The monoisotopic (exact) mass is 248 g/mol. The van der Waals surface area contributed by atoms with Crippen molar-refractivity contribution in [2.24, 2.45) is 11.3 Å². The van der Waals surface area contributed by atoms with E-state index in [1.165, 1.54) is 12.8 Å². The zero-order valence-electron chi connectivity index (χ0n) is 11.6. The Morgan fingerprint density at radius 2 is 2.22 bits per heavy atom. The summed E-state index contributed by atoms with van der Waals surface area (Å²) in [4.78, 5) is 4.30. The lowest BCUT2D eigenvalue weighted by molar-refractivity contribution is -0.0814. The van der Waals surface area contributed by atoms with Gasteiger partial charge in [-0.05, 0) is 30.4 Å². The first-order valence-corrected chi connectivity index (χ1v) is 6.84. The van der Waals surface area contributed by atoms with Crippen LogP contribution in [0.1, 0.15) is 33.6 Å². The van der Waals surface area contributed by atoms with E-state index >= 15 is 0 Å². The lowest BCUT2D eigenvalue weighted by atomic mass is 9.78. The van der Waals surface area contributed by atoms with Gasteiger partial charge in [0.15, 0.2) is 0 Å². The van der Waals surface area contributed by atoms with Crippen LogP contribution < -0.4 is 5.32 Å². The van der Waals surface area contributed by atoms with E-state index in [1.807, 2.05) is 24.4 Å². The molecule has 1 aromatic heterocycles. The second-order valence-electron chi connectivity index (χ2n) is 6.16. The highest BCUT2D eigenvalue weighted by atomic mass is 16.5. The maximum absolute atomic E-state index is 5.98. The van der Waals surface area contributed by atoms with Gasteiger partial charge >= 0.3 is 0 Å². The quantitative estimate of drug-likeness (QED) is 0.891. The Hall–Kier alpha value is -1.09. The predicted octanol–water partition coefficient (Wildman–Crippen LogP) is 3.33. The summed E-state index contributed by atoms with van der Waals surface area (Å²) in [6.45, 7) is 8.63. The molecular formula is C15H24N2O. The number of anilines is 1. The molecule has 2 unspecified atom stereocenters.